The van der Waals surface area contributed by atoms with Crippen molar-refractivity contribution in [1.29, 1.82) is 0 Å². The molecule has 4 aromatic carbocycles. The molecule has 7 heteroatoms. The smallest absolute Gasteiger partial charge is 0.264 e. The fraction of sp³-hybridized carbons (Fsp3) is 0.167. The molecule has 0 radical (unpaired) electrons. The topological polar surface area (TPSA) is 66.5 Å². The Hall–Kier alpha value is -3.61. The van der Waals surface area contributed by atoms with Gasteiger partial charge >= 0.3 is 0 Å². The Bertz CT molecular complexity index is 1500. The SMILES string of the molecule is Cc1ccc(S(=O)(=O)N(CC(=O)N[C@@H](c2ccccc2)c2ccccc2C)c2cccc(Cl)c2C)cc1. The summed E-state index contributed by atoms with van der Waals surface area (Å²) < 4.78 is 28.8. The Kier molecular flexibility index (Phi) is 8.00. The lowest BCUT2D eigenvalue weighted by atomic mass is 9.95. The van der Waals surface area contributed by atoms with Gasteiger partial charge in [0.2, 0.25) is 5.91 Å². The zero-order chi connectivity index (χ0) is 26.6. The minimum absolute atomic E-state index is 0.101. The number of amides is 1. The maximum atomic E-state index is 13.8. The predicted octanol–water partition coefficient (Wildman–Crippen LogP) is 6.37. The fourth-order valence-electron chi connectivity index (χ4n) is 4.24. The van der Waals surface area contributed by atoms with Crippen LogP contribution >= 0.6 is 11.6 Å². The van der Waals surface area contributed by atoms with Crippen molar-refractivity contribution in [2.75, 3.05) is 10.8 Å². The van der Waals surface area contributed by atoms with E-state index < -0.39 is 28.5 Å². The van der Waals surface area contributed by atoms with E-state index in [1.165, 1.54) is 0 Å². The van der Waals surface area contributed by atoms with Crippen molar-refractivity contribution in [2.45, 2.75) is 31.7 Å². The molecular formula is C30H29ClN2O3S. The quantitative estimate of drug-likeness (QED) is 0.287. The van der Waals surface area contributed by atoms with Gasteiger partial charge in [-0.3, -0.25) is 9.10 Å². The Morgan fingerprint density at radius 1 is 0.838 bits per heavy atom. The molecular weight excluding hydrogens is 504 g/mol. The standard InChI is InChI=1S/C30H29ClN2O3S/c1-21-16-18-25(19-17-21)37(35,36)33(28-15-9-14-27(31)23(28)3)20-29(34)32-30(24-11-5-4-6-12-24)26-13-8-7-10-22(26)2/h4-19,30H,20H2,1-3H3,(H,32,34)/t30-/m0/s1. The number of anilines is 1. The summed E-state index contributed by atoms with van der Waals surface area (Å²) in [5, 5.41) is 3.50. The maximum Gasteiger partial charge on any atom is 0.264 e. The number of hydrogen-bond donors (Lipinski definition) is 1. The van der Waals surface area contributed by atoms with Gasteiger partial charge in [0.25, 0.3) is 10.0 Å². The molecule has 0 fully saturated rings. The summed E-state index contributed by atoms with van der Waals surface area (Å²) in [5.41, 5.74) is 4.73. The van der Waals surface area contributed by atoms with E-state index in [4.69, 9.17) is 11.6 Å². The molecule has 37 heavy (non-hydrogen) atoms. The van der Waals surface area contributed by atoms with Crippen LogP contribution in [-0.4, -0.2) is 20.9 Å². The molecule has 0 saturated heterocycles. The van der Waals surface area contributed by atoms with Gasteiger partial charge < -0.3 is 5.32 Å². The van der Waals surface area contributed by atoms with Gasteiger partial charge in [0, 0.05) is 5.02 Å². The van der Waals surface area contributed by atoms with E-state index in [2.05, 4.69) is 5.32 Å². The second kappa shape index (κ2) is 11.2. The Balaban J connectivity index is 1.73. The molecule has 5 nitrogen and oxygen atoms in total. The average Bonchev–Trinajstić information content (AvgIpc) is 2.89. The second-order valence-electron chi connectivity index (χ2n) is 8.98. The summed E-state index contributed by atoms with van der Waals surface area (Å²) in [7, 11) is -4.06. The first-order chi connectivity index (χ1) is 17.7. The van der Waals surface area contributed by atoms with Crippen LogP contribution in [0.3, 0.4) is 0 Å². The van der Waals surface area contributed by atoms with Gasteiger partial charge in [0.1, 0.15) is 6.54 Å². The van der Waals surface area contributed by atoms with Crippen LogP contribution in [0.15, 0.2) is 102 Å². The summed E-state index contributed by atoms with van der Waals surface area (Å²) in [6.45, 7) is 5.21. The number of hydrogen-bond acceptors (Lipinski definition) is 3. The third kappa shape index (κ3) is 5.87. The first-order valence-electron chi connectivity index (χ1n) is 11.9. The number of benzene rings is 4. The number of carbonyl (C=O) groups excluding carboxylic acids is 1. The summed E-state index contributed by atoms with van der Waals surface area (Å²) in [6, 6.07) is 28.6. The molecule has 0 heterocycles. The molecule has 0 saturated carbocycles. The molecule has 0 aliphatic carbocycles. The van der Waals surface area contributed by atoms with Gasteiger partial charge in [0.15, 0.2) is 0 Å². The first kappa shape index (κ1) is 26.5. The summed E-state index contributed by atoms with van der Waals surface area (Å²) in [6.07, 6.45) is 0. The van der Waals surface area contributed by atoms with Crippen molar-refractivity contribution >= 4 is 33.2 Å². The summed E-state index contributed by atoms with van der Waals surface area (Å²) in [5.74, 6) is -0.438. The highest BCUT2D eigenvalue weighted by Gasteiger charge is 2.30. The third-order valence-corrected chi connectivity index (χ3v) is 8.53. The zero-order valence-corrected chi connectivity index (χ0v) is 22.6. The van der Waals surface area contributed by atoms with Crippen LogP contribution in [0.1, 0.15) is 33.9 Å². The van der Waals surface area contributed by atoms with Crippen LogP contribution in [0.5, 0.6) is 0 Å². The summed E-state index contributed by atoms with van der Waals surface area (Å²) >= 11 is 6.35. The second-order valence-corrected chi connectivity index (χ2v) is 11.2. The van der Waals surface area contributed by atoms with Gasteiger partial charge in [0.05, 0.1) is 16.6 Å². The van der Waals surface area contributed by atoms with E-state index in [9.17, 15) is 13.2 Å². The minimum atomic E-state index is -4.06. The molecule has 1 atom stereocenters. The first-order valence-corrected chi connectivity index (χ1v) is 13.7. The van der Waals surface area contributed by atoms with Gasteiger partial charge in [-0.15, -0.1) is 0 Å². The van der Waals surface area contributed by atoms with Crippen LogP contribution in [0, 0.1) is 20.8 Å². The van der Waals surface area contributed by atoms with Crippen molar-refractivity contribution in [2.24, 2.45) is 0 Å². The largest absolute Gasteiger partial charge is 0.344 e. The number of nitrogens with zero attached hydrogens (tertiary/aromatic N) is 1. The Morgan fingerprint density at radius 3 is 2.16 bits per heavy atom. The molecule has 0 aromatic heterocycles. The number of sulfonamides is 1. The maximum absolute atomic E-state index is 13.8. The number of halogens is 1. The van der Waals surface area contributed by atoms with Gasteiger partial charge in [-0.25, -0.2) is 8.42 Å². The molecule has 0 unspecified atom stereocenters. The highest BCUT2D eigenvalue weighted by molar-refractivity contribution is 7.92. The summed E-state index contributed by atoms with van der Waals surface area (Å²) in [4.78, 5) is 13.7. The van der Waals surface area contributed by atoms with Crippen LogP contribution < -0.4 is 9.62 Å². The monoisotopic (exact) mass is 532 g/mol. The molecule has 0 spiro atoms. The fourth-order valence-corrected chi connectivity index (χ4v) is 5.89. The molecule has 0 bridgehead atoms. The number of nitrogens with one attached hydrogen (secondary N) is 1. The van der Waals surface area contributed by atoms with E-state index in [0.29, 0.717) is 16.3 Å². The van der Waals surface area contributed by atoms with Crippen molar-refractivity contribution in [3.05, 3.63) is 130 Å². The lowest BCUT2D eigenvalue weighted by molar-refractivity contribution is -0.120. The van der Waals surface area contributed by atoms with E-state index in [-0.39, 0.29) is 4.90 Å². The van der Waals surface area contributed by atoms with E-state index in [1.807, 2.05) is 68.4 Å². The zero-order valence-electron chi connectivity index (χ0n) is 21.0. The molecule has 4 aromatic rings. The third-order valence-electron chi connectivity index (χ3n) is 6.34. The number of rotatable bonds is 8. The van der Waals surface area contributed by atoms with Gasteiger partial charge in [-0.05, 0) is 67.3 Å². The van der Waals surface area contributed by atoms with Crippen LogP contribution in [0.4, 0.5) is 5.69 Å². The predicted molar refractivity (Wildman–Crippen MR) is 150 cm³/mol. The van der Waals surface area contributed by atoms with Crippen molar-refractivity contribution in [1.82, 2.24) is 5.32 Å². The van der Waals surface area contributed by atoms with Crippen molar-refractivity contribution in [3.8, 4) is 0 Å². The van der Waals surface area contributed by atoms with Crippen LogP contribution in [0.2, 0.25) is 5.02 Å². The van der Waals surface area contributed by atoms with E-state index >= 15 is 0 Å². The number of carbonyl (C=O) groups is 1. The molecule has 0 aliphatic rings. The number of aryl methyl sites for hydroxylation is 2. The van der Waals surface area contributed by atoms with Crippen LogP contribution in [-0.2, 0) is 14.8 Å². The van der Waals surface area contributed by atoms with Gasteiger partial charge in [-0.2, -0.15) is 0 Å². The Morgan fingerprint density at radius 2 is 1.49 bits per heavy atom. The van der Waals surface area contributed by atoms with Crippen LogP contribution in [0.25, 0.3) is 0 Å². The molecule has 0 aliphatic heterocycles. The molecule has 1 N–H and O–H groups in total. The van der Waals surface area contributed by atoms with E-state index in [0.717, 1.165) is 26.6 Å². The molecule has 1 amide bonds. The van der Waals surface area contributed by atoms with Gasteiger partial charge in [-0.1, -0.05) is 90.0 Å². The lowest BCUT2D eigenvalue weighted by Crippen LogP contribution is -2.42. The lowest BCUT2D eigenvalue weighted by Gasteiger charge is -2.28. The Labute approximate surface area is 223 Å². The highest BCUT2D eigenvalue weighted by atomic mass is 35.5. The average molecular weight is 533 g/mol. The highest BCUT2D eigenvalue weighted by Crippen LogP contribution is 2.31. The van der Waals surface area contributed by atoms with E-state index in [1.54, 1.807) is 49.4 Å². The normalized spacial score (nSPS) is 12.1. The molecule has 190 valence electrons. The van der Waals surface area contributed by atoms with Crippen molar-refractivity contribution in [3.63, 3.8) is 0 Å². The minimum Gasteiger partial charge on any atom is -0.344 e. The molecule has 4 rings (SSSR count). The van der Waals surface area contributed by atoms with Crippen molar-refractivity contribution < 1.29 is 13.2 Å².